The van der Waals surface area contributed by atoms with Crippen LogP contribution in [0.15, 0.2) is 161 Å². The van der Waals surface area contributed by atoms with Gasteiger partial charge in [0.1, 0.15) is 0 Å². The number of allylic oxidation sites excluding steroid dienone is 6. The van der Waals surface area contributed by atoms with E-state index in [0.717, 1.165) is 12.0 Å². The molecule has 0 aliphatic heterocycles. The van der Waals surface area contributed by atoms with E-state index in [1.165, 1.54) is 55.3 Å². The molecule has 1 aromatic heterocycles. The Bertz CT molecular complexity index is 2070. The van der Waals surface area contributed by atoms with Gasteiger partial charge in [0.2, 0.25) is 0 Å². The Hall–Kier alpha value is -3.29. The van der Waals surface area contributed by atoms with Crippen molar-refractivity contribution in [1.29, 1.82) is 0 Å². The third-order valence-electron chi connectivity index (χ3n) is 14.2. The third-order valence-corrected chi connectivity index (χ3v) is 15.6. The minimum atomic E-state index is 0. The molecule has 0 radical (unpaired) electrons. The number of hydrogen-bond donors (Lipinski definition) is 0. The molecule has 55 heavy (non-hydrogen) atoms. The van der Waals surface area contributed by atoms with Crippen LogP contribution in [0.3, 0.4) is 0 Å². The summed E-state index contributed by atoms with van der Waals surface area (Å²) < 4.78 is 6.35. The second-order valence-corrected chi connectivity index (χ2v) is 17.5. The molecule has 4 aliphatic rings. The molecule has 7 unspecified atom stereocenters. The Morgan fingerprint density at radius 2 is 1.31 bits per heavy atom. The second-order valence-electron chi connectivity index (χ2n) is 16.3. The van der Waals surface area contributed by atoms with Gasteiger partial charge in [-0.05, 0) is 34.7 Å². The minimum Gasteiger partial charge on any atom is -0.515 e. The fraction of sp³-hybridized carbons (Fsp3) is 0.314. The first kappa shape index (κ1) is 42.8. The summed E-state index contributed by atoms with van der Waals surface area (Å²) >= 11 is 1.46. The van der Waals surface area contributed by atoms with Gasteiger partial charge in [0, 0.05) is 17.9 Å². The first-order valence-corrected chi connectivity index (χ1v) is 20.8. The molecule has 1 nitrogen and oxygen atoms in total. The van der Waals surface area contributed by atoms with E-state index in [0.29, 0.717) is 29.6 Å². The quantitative estimate of drug-likeness (QED) is 0.176. The average Bonchev–Trinajstić information content (AvgIpc) is 3.99. The van der Waals surface area contributed by atoms with E-state index in [1.54, 1.807) is 40.7 Å². The molecule has 0 bridgehead atoms. The zero-order chi connectivity index (χ0) is 37.5. The Labute approximate surface area is 357 Å². The molecule has 4 aliphatic carbocycles. The van der Waals surface area contributed by atoms with Crippen molar-refractivity contribution < 1.29 is 53.5 Å². The zero-order valence-electron chi connectivity index (χ0n) is 33.5. The molecule has 5 aromatic rings. The van der Waals surface area contributed by atoms with E-state index in [1.807, 2.05) is 18.2 Å². The summed E-state index contributed by atoms with van der Waals surface area (Å²) in [5.41, 5.74) is 15.0. The van der Waals surface area contributed by atoms with Crippen molar-refractivity contribution in [2.45, 2.75) is 61.8 Å². The summed E-state index contributed by atoms with van der Waals surface area (Å²) in [6.07, 6.45) is 9.54. The Balaban J connectivity index is 0.000000185. The van der Waals surface area contributed by atoms with Crippen LogP contribution in [0.5, 0.6) is 0 Å². The molecule has 284 valence electrons. The van der Waals surface area contributed by atoms with Gasteiger partial charge in [-0.1, -0.05) is 131 Å². The molecular formula is C51H54Cl2OZr-2. The average molecular weight is 845 g/mol. The molecule has 9 rings (SSSR count). The summed E-state index contributed by atoms with van der Waals surface area (Å²) in [7, 11) is 0. The van der Waals surface area contributed by atoms with Crippen molar-refractivity contribution >= 4 is 8.78 Å². The second kappa shape index (κ2) is 17.5. The van der Waals surface area contributed by atoms with Crippen LogP contribution in [-0.2, 0) is 30.7 Å². The van der Waals surface area contributed by atoms with Crippen molar-refractivity contribution in [1.82, 2.24) is 0 Å². The van der Waals surface area contributed by atoms with Gasteiger partial charge in [-0.3, -0.25) is 0 Å². The summed E-state index contributed by atoms with van der Waals surface area (Å²) in [5.74, 6) is 4.93. The summed E-state index contributed by atoms with van der Waals surface area (Å²) in [6.45, 7) is 20.2. The first-order chi connectivity index (χ1) is 25.5. The van der Waals surface area contributed by atoms with Crippen LogP contribution in [0.1, 0.15) is 77.6 Å². The summed E-state index contributed by atoms with van der Waals surface area (Å²) in [6, 6.07) is 40.4. The number of furan rings is 1. The van der Waals surface area contributed by atoms with Crippen molar-refractivity contribution in [2.75, 3.05) is 0 Å². The molecule has 4 aromatic carbocycles. The van der Waals surface area contributed by atoms with Gasteiger partial charge in [0.15, 0.2) is 0 Å². The predicted octanol–water partition coefficient (Wildman–Crippen LogP) is 7.15. The largest absolute Gasteiger partial charge is 0.515 e. The van der Waals surface area contributed by atoms with Crippen LogP contribution in [0.2, 0.25) is 0 Å². The molecule has 1 heterocycles. The summed E-state index contributed by atoms with van der Waals surface area (Å²) in [4.78, 5) is 0. The predicted molar refractivity (Wildman–Crippen MR) is 220 cm³/mol. The number of rotatable bonds is 3. The molecule has 0 spiro atoms. The normalized spacial score (nSPS) is 27.1. The van der Waals surface area contributed by atoms with Gasteiger partial charge in [-0.15, -0.1) is 19.1 Å². The van der Waals surface area contributed by atoms with Crippen LogP contribution in [0.4, 0.5) is 0 Å². The molecule has 1 saturated carbocycles. The van der Waals surface area contributed by atoms with Crippen LogP contribution in [0.25, 0.3) is 16.7 Å². The van der Waals surface area contributed by atoms with Crippen molar-refractivity contribution in [2.24, 2.45) is 40.4 Å². The molecular weight excluding hydrogens is 791 g/mol. The van der Waals surface area contributed by atoms with Gasteiger partial charge in [-0.2, -0.15) is 23.3 Å². The van der Waals surface area contributed by atoms with E-state index in [9.17, 15) is 0 Å². The Morgan fingerprint density at radius 3 is 1.89 bits per heavy atom. The first-order valence-electron chi connectivity index (χ1n) is 19.5. The number of benzene rings is 3. The molecule has 7 atom stereocenters. The molecule has 0 saturated heterocycles. The molecule has 0 N–H and O–H groups in total. The number of halogens is 2. The fourth-order valence-corrected chi connectivity index (χ4v) is 11.0. The van der Waals surface area contributed by atoms with Gasteiger partial charge in [0.25, 0.3) is 0 Å². The van der Waals surface area contributed by atoms with Gasteiger partial charge < -0.3 is 29.2 Å². The van der Waals surface area contributed by atoms with Crippen LogP contribution < -0.4 is 24.8 Å². The van der Waals surface area contributed by atoms with Crippen molar-refractivity contribution in [3.05, 3.63) is 185 Å². The third kappa shape index (κ3) is 7.38. The van der Waals surface area contributed by atoms with Crippen molar-refractivity contribution in [3.8, 4) is 11.1 Å². The maximum atomic E-state index is 4.94. The van der Waals surface area contributed by atoms with Gasteiger partial charge in [-0.25, -0.2) is 5.92 Å². The number of fused-ring (bicyclic) bond motifs is 6. The Kier molecular flexibility index (Phi) is 13.6. The summed E-state index contributed by atoms with van der Waals surface area (Å²) in [5, 5.41) is 0. The van der Waals surface area contributed by atoms with Crippen LogP contribution in [0, 0.1) is 46.3 Å². The Morgan fingerprint density at radius 1 is 0.727 bits per heavy atom. The fourth-order valence-electron chi connectivity index (χ4n) is 10.2. The molecule has 4 heteroatoms. The molecule has 0 amide bonds. The smallest absolute Gasteiger partial charge is 0.0471 e. The monoisotopic (exact) mass is 842 g/mol. The number of hydrogen-bond acceptors (Lipinski definition) is 1. The van der Waals surface area contributed by atoms with Crippen LogP contribution >= 0.6 is 0 Å². The SMILES string of the molecule is C[C-]1C2=C3Cc4ccccc4C3=C3C=CC(C)C(C)C3(C)C2(C)C(C)C(C)C1C.[Cl-].[Cl-].[Zr+2]=[C](c1ccccc1)c1ccccc1.c1cc[c-](-c2ccoc2)c1. The topological polar surface area (TPSA) is 13.1 Å². The molecule has 1 fully saturated rings. The van der Waals surface area contributed by atoms with E-state index in [2.05, 4.69) is 165 Å². The zero-order valence-corrected chi connectivity index (χ0v) is 37.5. The maximum absolute atomic E-state index is 4.94. The van der Waals surface area contributed by atoms with Crippen molar-refractivity contribution in [3.63, 3.8) is 0 Å². The van der Waals surface area contributed by atoms with E-state index >= 15 is 0 Å². The van der Waals surface area contributed by atoms with E-state index < -0.39 is 0 Å². The maximum Gasteiger partial charge on any atom is 0.0471 e. The van der Waals surface area contributed by atoms with Gasteiger partial charge in [0.05, 0.1) is 0 Å². The van der Waals surface area contributed by atoms with E-state index in [4.69, 9.17) is 4.42 Å². The standard InChI is InChI=1S/C29H37.C13H10.C9H7O.2ClH.Zr/c1-16-13-14-25-26-23-12-10-9-11-22(23)15-24(26)27-19(4)17(2)18(3)21(6)29(27,8)28(25,7)20(16)5;1-3-7-12(8-4-1)11-13-9-5-2-6-10-13;1-2-4-8(3-1)9-5-6-10-7-9;;;/h9-14,16-18,20-21H,15H2,1-8H3;1-10H;1-7H;2*1H;/q-1;;-1;;;+2/p-2. The minimum absolute atomic E-state index is 0. The van der Waals surface area contributed by atoms with E-state index in [-0.39, 0.29) is 35.6 Å². The van der Waals surface area contributed by atoms with Gasteiger partial charge >= 0.3 is 99.2 Å². The van der Waals surface area contributed by atoms with Crippen LogP contribution in [-0.4, -0.2) is 3.21 Å².